The van der Waals surface area contributed by atoms with E-state index in [9.17, 15) is 0 Å². The van der Waals surface area contributed by atoms with Crippen molar-refractivity contribution in [1.29, 1.82) is 0 Å². The maximum absolute atomic E-state index is 5.82. The van der Waals surface area contributed by atoms with E-state index < -0.39 is 0 Å². The summed E-state index contributed by atoms with van der Waals surface area (Å²) in [5.74, 6) is 0.748. The monoisotopic (exact) mass is 210 g/mol. The lowest BCUT2D eigenvalue weighted by atomic mass is 9.96. The minimum atomic E-state index is -0.0659. The minimum Gasteiger partial charge on any atom is -0.326 e. The average Bonchev–Trinajstić information content (AvgIpc) is 2.69. The van der Waals surface area contributed by atoms with Crippen LogP contribution in [0.3, 0.4) is 0 Å². The van der Waals surface area contributed by atoms with Crippen LogP contribution in [0.5, 0.6) is 0 Å². The second-order valence-electron chi connectivity index (χ2n) is 5.15. The molecule has 0 radical (unpaired) electrons. The summed E-state index contributed by atoms with van der Waals surface area (Å²) in [6.45, 7) is 7.92. The standard InChI is InChI=1S/C10H18N4O/c1-10(2,3)8-12-9(15-13-8)14-5-4-7(11)6-14/h7H,4-6,11H2,1-3H3. The lowest BCUT2D eigenvalue weighted by Crippen LogP contribution is -2.26. The molecule has 0 saturated carbocycles. The van der Waals surface area contributed by atoms with Crippen molar-refractivity contribution in [3.63, 3.8) is 0 Å². The second kappa shape index (κ2) is 3.48. The molecule has 5 nitrogen and oxygen atoms in total. The Balaban J connectivity index is 2.14. The molecule has 1 saturated heterocycles. The van der Waals surface area contributed by atoms with E-state index in [1.807, 2.05) is 4.90 Å². The molecule has 15 heavy (non-hydrogen) atoms. The zero-order valence-electron chi connectivity index (χ0n) is 9.53. The summed E-state index contributed by atoms with van der Waals surface area (Å²) in [5.41, 5.74) is 5.76. The molecule has 0 bridgehead atoms. The highest BCUT2D eigenvalue weighted by molar-refractivity contribution is 5.28. The molecule has 0 aliphatic carbocycles. The first-order valence-electron chi connectivity index (χ1n) is 5.31. The molecule has 0 amide bonds. The van der Waals surface area contributed by atoms with Crippen LogP contribution in [0.4, 0.5) is 6.01 Å². The molecular weight excluding hydrogens is 192 g/mol. The fraction of sp³-hybridized carbons (Fsp3) is 0.800. The zero-order valence-corrected chi connectivity index (χ0v) is 9.53. The summed E-state index contributed by atoms with van der Waals surface area (Å²) in [4.78, 5) is 6.44. The van der Waals surface area contributed by atoms with Gasteiger partial charge in [-0.2, -0.15) is 4.98 Å². The van der Waals surface area contributed by atoms with Gasteiger partial charge in [-0.1, -0.05) is 25.9 Å². The predicted molar refractivity (Wildman–Crippen MR) is 57.8 cm³/mol. The van der Waals surface area contributed by atoms with Crippen molar-refractivity contribution in [3.8, 4) is 0 Å². The first kappa shape index (κ1) is 10.4. The summed E-state index contributed by atoms with van der Waals surface area (Å²) in [6, 6.07) is 0.836. The van der Waals surface area contributed by atoms with Crippen LogP contribution in [0.15, 0.2) is 4.52 Å². The van der Waals surface area contributed by atoms with E-state index in [4.69, 9.17) is 10.3 Å². The van der Waals surface area contributed by atoms with Crippen molar-refractivity contribution in [2.24, 2.45) is 5.73 Å². The highest BCUT2D eigenvalue weighted by atomic mass is 16.5. The van der Waals surface area contributed by atoms with Crippen LogP contribution in [0.2, 0.25) is 0 Å². The molecule has 1 aliphatic rings. The molecule has 84 valence electrons. The molecule has 2 rings (SSSR count). The largest absolute Gasteiger partial charge is 0.326 e. The molecule has 1 fully saturated rings. The van der Waals surface area contributed by atoms with E-state index in [1.54, 1.807) is 0 Å². The Morgan fingerprint density at radius 3 is 2.67 bits per heavy atom. The fourth-order valence-electron chi connectivity index (χ4n) is 1.61. The van der Waals surface area contributed by atoms with E-state index >= 15 is 0 Å². The summed E-state index contributed by atoms with van der Waals surface area (Å²) in [6.07, 6.45) is 0.993. The third kappa shape index (κ3) is 2.12. The molecule has 5 heteroatoms. The minimum absolute atomic E-state index is 0.0659. The third-order valence-electron chi connectivity index (χ3n) is 2.58. The number of rotatable bonds is 1. The predicted octanol–water partition coefficient (Wildman–Crippen LogP) is 0.904. The van der Waals surface area contributed by atoms with Crippen LogP contribution in [0, 0.1) is 0 Å². The number of hydrogen-bond acceptors (Lipinski definition) is 5. The molecule has 0 aromatic carbocycles. The Kier molecular flexibility index (Phi) is 2.42. The zero-order chi connectivity index (χ0) is 11.1. The van der Waals surface area contributed by atoms with Crippen LogP contribution in [0.25, 0.3) is 0 Å². The topological polar surface area (TPSA) is 68.2 Å². The molecule has 1 aromatic rings. The normalized spacial score (nSPS) is 22.4. The molecule has 2 N–H and O–H groups in total. The molecular formula is C10H18N4O. The Morgan fingerprint density at radius 2 is 2.20 bits per heavy atom. The lowest BCUT2D eigenvalue weighted by Gasteiger charge is -2.12. The van der Waals surface area contributed by atoms with Gasteiger partial charge in [-0.25, -0.2) is 0 Å². The van der Waals surface area contributed by atoms with E-state index in [1.165, 1.54) is 0 Å². The SMILES string of the molecule is CC(C)(C)c1noc(N2CCC(N)C2)n1. The van der Waals surface area contributed by atoms with E-state index in [0.29, 0.717) is 6.01 Å². The van der Waals surface area contributed by atoms with Gasteiger partial charge in [0.15, 0.2) is 5.82 Å². The van der Waals surface area contributed by atoms with Crippen molar-refractivity contribution < 1.29 is 4.52 Å². The maximum Gasteiger partial charge on any atom is 0.324 e. The first-order chi connectivity index (χ1) is 6.97. The Bertz CT molecular complexity index is 341. The molecule has 1 aliphatic heterocycles. The molecule has 0 spiro atoms. The summed E-state index contributed by atoms with van der Waals surface area (Å²) < 4.78 is 5.23. The fourth-order valence-corrected chi connectivity index (χ4v) is 1.61. The summed E-state index contributed by atoms with van der Waals surface area (Å²) in [5, 5.41) is 3.99. The maximum atomic E-state index is 5.82. The molecule has 1 unspecified atom stereocenters. The number of aromatic nitrogens is 2. The van der Waals surface area contributed by atoms with Gasteiger partial charge < -0.3 is 15.2 Å². The lowest BCUT2D eigenvalue weighted by molar-refractivity contribution is 0.394. The third-order valence-corrected chi connectivity index (χ3v) is 2.58. The molecule has 1 aromatic heterocycles. The van der Waals surface area contributed by atoms with Gasteiger partial charge in [0.2, 0.25) is 0 Å². The summed E-state index contributed by atoms with van der Waals surface area (Å²) in [7, 11) is 0. The van der Waals surface area contributed by atoms with Gasteiger partial charge in [0.1, 0.15) is 0 Å². The van der Waals surface area contributed by atoms with E-state index in [0.717, 1.165) is 25.3 Å². The molecule has 1 atom stereocenters. The van der Waals surface area contributed by atoms with Crippen LogP contribution >= 0.6 is 0 Å². The summed E-state index contributed by atoms with van der Waals surface area (Å²) >= 11 is 0. The number of nitrogens with two attached hydrogens (primary N) is 1. The van der Waals surface area contributed by atoms with Gasteiger partial charge in [-0.05, 0) is 6.42 Å². The van der Waals surface area contributed by atoms with E-state index in [2.05, 4.69) is 30.9 Å². The smallest absolute Gasteiger partial charge is 0.324 e. The van der Waals surface area contributed by atoms with Crippen molar-refractivity contribution in [2.75, 3.05) is 18.0 Å². The number of anilines is 1. The van der Waals surface area contributed by atoms with Crippen LogP contribution in [0.1, 0.15) is 33.0 Å². The molecule has 2 heterocycles. The van der Waals surface area contributed by atoms with Crippen LogP contribution < -0.4 is 10.6 Å². The van der Waals surface area contributed by atoms with Gasteiger partial charge >= 0.3 is 6.01 Å². The van der Waals surface area contributed by atoms with Gasteiger partial charge in [0.05, 0.1) is 0 Å². The second-order valence-corrected chi connectivity index (χ2v) is 5.15. The quantitative estimate of drug-likeness (QED) is 0.746. The van der Waals surface area contributed by atoms with Crippen molar-refractivity contribution >= 4 is 6.01 Å². The first-order valence-corrected chi connectivity index (χ1v) is 5.31. The average molecular weight is 210 g/mol. The van der Waals surface area contributed by atoms with Crippen LogP contribution in [-0.4, -0.2) is 29.3 Å². The van der Waals surface area contributed by atoms with Gasteiger partial charge in [-0.3, -0.25) is 0 Å². The highest BCUT2D eigenvalue weighted by Gasteiger charge is 2.26. The Morgan fingerprint density at radius 1 is 1.47 bits per heavy atom. The van der Waals surface area contributed by atoms with Crippen molar-refractivity contribution in [1.82, 2.24) is 10.1 Å². The Hall–Kier alpha value is -1.10. The van der Waals surface area contributed by atoms with Crippen molar-refractivity contribution in [2.45, 2.75) is 38.6 Å². The van der Waals surface area contributed by atoms with Crippen molar-refractivity contribution in [3.05, 3.63) is 5.82 Å². The Labute approximate surface area is 89.6 Å². The van der Waals surface area contributed by atoms with Gasteiger partial charge in [0, 0.05) is 24.5 Å². The number of hydrogen-bond donors (Lipinski definition) is 1. The van der Waals surface area contributed by atoms with Gasteiger partial charge in [0.25, 0.3) is 0 Å². The number of nitrogens with zero attached hydrogens (tertiary/aromatic N) is 3. The highest BCUT2D eigenvalue weighted by Crippen LogP contribution is 2.23. The van der Waals surface area contributed by atoms with Crippen LogP contribution in [-0.2, 0) is 5.41 Å². The van der Waals surface area contributed by atoms with Gasteiger partial charge in [-0.15, -0.1) is 0 Å². The van der Waals surface area contributed by atoms with E-state index in [-0.39, 0.29) is 11.5 Å².